The number of rotatable bonds is 12. The highest BCUT2D eigenvalue weighted by atomic mass is 35.5. The van der Waals surface area contributed by atoms with Gasteiger partial charge in [0.05, 0.1) is 27.5 Å². The fourth-order valence-corrected chi connectivity index (χ4v) is 3.90. The zero-order valence-electron chi connectivity index (χ0n) is 20.5. The maximum Gasteiger partial charge on any atom is 0.248 e. The minimum absolute atomic E-state index is 0.0772. The lowest BCUT2D eigenvalue weighted by atomic mass is 10.1. The smallest absolute Gasteiger partial charge is 0.248 e. The number of halogens is 2. The third-order valence-corrected chi connectivity index (χ3v) is 5.98. The third kappa shape index (κ3) is 7.89. The van der Waals surface area contributed by atoms with Crippen LogP contribution in [-0.4, -0.2) is 52.7 Å². The highest BCUT2D eigenvalue weighted by Gasteiger charge is 2.14. The lowest BCUT2D eigenvalue weighted by molar-refractivity contribution is -0.111. The summed E-state index contributed by atoms with van der Waals surface area (Å²) in [5, 5.41) is 35.0. The number of aromatic hydroxyl groups is 1. The molecule has 0 unspecified atom stereocenters. The van der Waals surface area contributed by atoms with E-state index < -0.39 is 11.7 Å². The van der Waals surface area contributed by atoms with Gasteiger partial charge in [0.2, 0.25) is 5.91 Å². The Kier molecular flexibility index (Phi) is 10.2. The van der Waals surface area contributed by atoms with E-state index in [-0.39, 0.29) is 28.6 Å². The van der Waals surface area contributed by atoms with Crippen LogP contribution in [0.3, 0.4) is 0 Å². The number of unbranched alkanes of at least 4 members (excludes halogenated alkanes) is 3. The van der Waals surface area contributed by atoms with Gasteiger partial charge in [-0.25, -0.2) is 4.39 Å². The molecule has 10 heteroatoms. The van der Waals surface area contributed by atoms with E-state index in [9.17, 15) is 19.6 Å². The highest BCUT2D eigenvalue weighted by molar-refractivity contribution is 6.31. The molecule has 0 radical (unpaired) electrons. The number of nitrogens with zero attached hydrogens (tertiary/aromatic N) is 3. The number of fused-ring (bicyclic) bond motifs is 1. The molecule has 1 heterocycles. The SMILES string of the molecule is CN(C/C=C/C(=O)Nc1cc2c(Nc3ccc(F)c(Cl)c3)c(C#N)cnc2cc1O)CCCCCCO. The number of nitriles is 1. The first kappa shape index (κ1) is 27.9. The second-order valence-electron chi connectivity index (χ2n) is 8.59. The number of nitrogens with one attached hydrogen (secondary N) is 2. The largest absolute Gasteiger partial charge is 0.506 e. The first-order chi connectivity index (χ1) is 17.8. The Morgan fingerprint density at radius 3 is 2.76 bits per heavy atom. The van der Waals surface area contributed by atoms with E-state index in [0.29, 0.717) is 28.8 Å². The molecule has 0 spiro atoms. The third-order valence-electron chi connectivity index (χ3n) is 5.69. The molecule has 0 saturated heterocycles. The summed E-state index contributed by atoms with van der Waals surface area (Å²) in [6, 6.07) is 9.06. The zero-order valence-corrected chi connectivity index (χ0v) is 21.2. The number of amides is 1. The van der Waals surface area contributed by atoms with Gasteiger partial charge in [0.25, 0.3) is 0 Å². The van der Waals surface area contributed by atoms with E-state index in [1.54, 1.807) is 6.08 Å². The molecule has 0 aliphatic carbocycles. The van der Waals surface area contributed by atoms with Crippen molar-refractivity contribution in [2.45, 2.75) is 25.7 Å². The van der Waals surface area contributed by atoms with Gasteiger partial charge in [-0.3, -0.25) is 9.78 Å². The Balaban J connectivity index is 1.74. The van der Waals surface area contributed by atoms with Gasteiger partial charge in [-0.2, -0.15) is 5.26 Å². The molecular formula is C27H29ClFN5O3. The van der Waals surface area contributed by atoms with Crippen molar-refractivity contribution in [3.63, 3.8) is 0 Å². The number of hydrogen-bond donors (Lipinski definition) is 4. The molecule has 194 valence electrons. The molecule has 0 atom stereocenters. The highest BCUT2D eigenvalue weighted by Crippen LogP contribution is 2.35. The molecule has 0 aliphatic rings. The standard InChI is InChI=1S/C27H29ClFN5O3/c1-34(10-4-2-3-5-12-35)11-6-7-26(37)33-24-14-20-23(15-25(24)36)31-17-18(16-30)27(20)32-19-8-9-22(29)21(28)13-19/h6-9,13-15,17,35-36H,2-5,10-12H2,1H3,(H,31,32)(H,33,37)/b7-6+. The Bertz CT molecular complexity index is 1330. The van der Waals surface area contributed by atoms with Crippen LogP contribution in [-0.2, 0) is 4.79 Å². The number of likely N-dealkylation sites (N-methyl/N-ethyl adjacent to an activating group) is 1. The second-order valence-corrected chi connectivity index (χ2v) is 9.00. The van der Waals surface area contributed by atoms with Crippen molar-refractivity contribution >= 4 is 45.5 Å². The van der Waals surface area contributed by atoms with Crippen LogP contribution in [0.1, 0.15) is 31.2 Å². The Morgan fingerprint density at radius 2 is 2.03 bits per heavy atom. The summed E-state index contributed by atoms with van der Waals surface area (Å²) >= 11 is 5.89. The van der Waals surface area contributed by atoms with Crippen molar-refractivity contribution in [3.8, 4) is 11.8 Å². The van der Waals surface area contributed by atoms with Crippen LogP contribution < -0.4 is 10.6 Å². The number of hydrogen-bond acceptors (Lipinski definition) is 7. The summed E-state index contributed by atoms with van der Waals surface area (Å²) in [6.45, 7) is 1.68. The molecule has 1 amide bonds. The lowest BCUT2D eigenvalue weighted by Gasteiger charge is -2.14. The number of phenolic OH excluding ortho intramolecular Hbond substituents is 1. The molecule has 8 nitrogen and oxygen atoms in total. The average molecular weight is 526 g/mol. The maximum absolute atomic E-state index is 13.6. The van der Waals surface area contributed by atoms with Crippen molar-refractivity contribution < 1.29 is 19.4 Å². The summed E-state index contributed by atoms with van der Waals surface area (Å²) in [6.07, 6.45) is 8.37. The predicted octanol–water partition coefficient (Wildman–Crippen LogP) is 5.33. The molecule has 37 heavy (non-hydrogen) atoms. The van der Waals surface area contributed by atoms with Crippen molar-refractivity contribution in [1.29, 1.82) is 5.26 Å². The first-order valence-corrected chi connectivity index (χ1v) is 12.2. The van der Waals surface area contributed by atoms with E-state index in [2.05, 4.69) is 26.6 Å². The fourth-order valence-electron chi connectivity index (χ4n) is 3.72. The van der Waals surface area contributed by atoms with Crippen LogP contribution in [0.15, 0.2) is 48.7 Å². The van der Waals surface area contributed by atoms with Gasteiger partial charge in [0.15, 0.2) is 0 Å². The molecule has 3 aromatic rings. The fraction of sp³-hybridized carbons (Fsp3) is 0.296. The number of phenols is 1. The van der Waals surface area contributed by atoms with Gasteiger partial charge in [-0.1, -0.05) is 30.5 Å². The molecular weight excluding hydrogens is 497 g/mol. The van der Waals surface area contributed by atoms with Crippen LogP contribution >= 0.6 is 11.6 Å². The van der Waals surface area contributed by atoms with E-state index >= 15 is 0 Å². The number of aliphatic hydroxyl groups excluding tert-OH is 1. The number of anilines is 3. The van der Waals surface area contributed by atoms with Gasteiger partial charge < -0.3 is 25.7 Å². The zero-order chi connectivity index (χ0) is 26.8. The van der Waals surface area contributed by atoms with Crippen LogP contribution in [0.4, 0.5) is 21.5 Å². The van der Waals surface area contributed by atoms with Crippen LogP contribution in [0.5, 0.6) is 5.75 Å². The average Bonchev–Trinajstić information content (AvgIpc) is 2.87. The summed E-state index contributed by atoms with van der Waals surface area (Å²) in [4.78, 5) is 18.8. The summed E-state index contributed by atoms with van der Waals surface area (Å²) in [7, 11) is 1.96. The van der Waals surface area contributed by atoms with Crippen molar-refractivity contribution in [2.75, 3.05) is 37.4 Å². The maximum atomic E-state index is 13.6. The Morgan fingerprint density at radius 1 is 1.24 bits per heavy atom. The second kappa shape index (κ2) is 13.6. The molecule has 3 rings (SSSR count). The van der Waals surface area contributed by atoms with Crippen LogP contribution in [0.25, 0.3) is 10.9 Å². The van der Waals surface area contributed by atoms with E-state index in [1.807, 2.05) is 7.05 Å². The van der Waals surface area contributed by atoms with E-state index in [0.717, 1.165) is 32.2 Å². The van der Waals surface area contributed by atoms with Gasteiger partial charge >= 0.3 is 0 Å². The van der Waals surface area contributed by atoms with Crippen molar-refractivity contribution in [2.24, 2.45) is 0 Å². The van der Waals surface area contributed by atoms with Gasteiger partial charge in [-0.05, 0) is 50.7 Å². The molecule has 0 bridgehead atoms. The minimum atomic E-state index is -0.570. The molecule has 1 aromatic heterocycles. The summed E-state index contributed by atoms with van der Waals surface area (Å²) in [5.74, 6) is -1.17. The van der Waals surface area contributed by atoms with Gasteiger partial charge in [0.1, 0.15) is 17.6 Å². The quantitative estimate of drug-likeness (QED) is 0.143. The van der Waals surface area contributed by atoms with E-state index in [4.69, 9.17) is 16.7 Å². The number of carbonyl (C=O) groups excluding carboxylic acids is 1. The molecule has 4 N–H and O–H groups in total. The van der Waals surface area contributed by atoms with Crippen molar-refractivity contribution in [1.82, 2.24) is 9.88 Å². The monoisotopic (exact) mass is 525 g/mol. The lowest BCUT2D eigenvalue weighted by Crippen LogP contribution is -2.20. The normalized spacial score (nSPS) is 11.2. The van der Waals surface area contributed by atoms with E-state index in [1.165, 1.54) is 42.6 Å². The van der Waals surface area contributed by atoms with Crippen LogP contribution in [0, 0.1) is 17.1 Å². The first-order valence-electron chi connectivity index (χ1n) is 11.9. The van der Waals surface area contributed by atoms with Crippen LogP contribution in [0.2, 0.25) is 5.02 Å². The molecule has 0 fully saturated rings. The molecule has 0 aliphatic heterocycles. The number of benzene rings is 2. The van der Waals surface area contributed by atoms with Gasteiger partial charge in [0, 0.05) is 42.6 Å². The predicted molar refractivity (Wildman–Crippen MR) is 144 cm³/mol. The molecule has 2 aromatic carbocycles. The Hall–Kier alpha value is -3.71. The number of pyridine rings is 1. The van der Waals surface area contributed by atoms with Gasteiger partial charge in [-0.15, -0.1) is 0 Å². The van der Waals surface area contributed by atoms with Crippen molar-refractivity contribution in [3.05, 3.63) is 65.1 Å². The summed E-state index contributed by atoms with van der Waals surface area (Å²) in [5.41, 5.74) is 1.59. The Labute approximate surface area is 220 Å². The summed E-state index contributed by atoms with van der Waals surface area (Å²) < 4.78 is 13.6. The molecule has 0 saturated carbocycles. The minimum Gasteiger partial charge on any atom is -0.506 e. The number of aromatic nitrogens is 1. The topological polar surface area (TPSA) is 122 Å². The number of aliphatic hydroxyl groups is 1. The number of carbonyl (C=O) groups is 1.